The van der Waals surface area contributed by atoms with E-state index in [4.69, 9.17) is 0 Å². The molecule has 0 radical (unpaired) electrons. The largest absolute Gasteiger partial charge is 0.396 e. The van der Waals surface area contributed by atoms with E-state index in [0.717, 1.165) is 11.4 Å². The summed E-state index contributed by atoms with van der Waals surface area (Å²) >= 11 is 0. The van der Waals surface area contributed by atoms with E-state index in [1.807, 2.05) is 51.1 Å². The van der Waals surface area contributed by atoms with Crippen molar-refractivity contribution in [1.82, 2.24) is 15.3 Å². The van der Waals surface area contributed by atoms with Crippen molar-refractivity contribution in [3.8, 4) is 0 Å². The van der Waals surface area contributed by atoms with Crippen LogP contribution in [0.1, 0.15) is 44.5 Å². The third-order valence-electron chi connectivity index (χ3n) is 3.84. The summed E-state index contributed by atoms with van der Waals surface area (Å²) in [5, 5.41) is 14.8. The van der Waals surface area contributed by atoms with Crippen LogP contribution in [-0.4, -0.2) is 34.3 Å². The molecule has 0 saturated carbocycles. The fourth-order valence-electron chi connectivity index (χ4n) is 2.44. The molecule has 0 aliphatic carbocycles. The lowest BCUT2D eigenvalue weighted by Crippen LogP contribution is -2.32. The zero-order valence-electron chi connectivity index (χ0n) is 15.0. The Kier molecular flexibility index (Phi) is 6.47. The second kappa shape index (κ2) is 8.58. The third-order valence-corrected chi connectivity index (χ3v) is 3.84. The Labute approximate surface area is 148 Å². The van der Waals surface area contributed by atoms with Crippen LogP contribution in [0.4, 0.5) is 10.5 Å². The second-order valence-electron chi connectivity index (χ2n) is 7.00. The van der Waals surface area contributed by atoms with Crippen molar-refractivity contribution in [1.29, 1.82) is 0 Å². The highest BCUT2D eigenvalue weighted by molar-refractivity contribution is 5.88. The number of carbonyl (C=O) groups excluding carboxylic acids is 1. The number of aromatic nitrogens is 2. The Morgan fingerprint density at radius 2 is 1.80 bits per heavy atom. The molecular weight excluding hydrogens is 316 g/mol. The van der Waals surface area contributed by atoms with Gasteiger partial charge in [-0.05, 0) is 12.0 Å². The van der Waals surface area contributed by atoms with Gasteiger partial charge in [-0.2, -0.15) is 0 Å². The van der Waals surface area contributed by atoms with Crippen LogP contribution in [0.2, 0.25) is 0 Å². The smallest absolute Gasteiger partial charge is 0.319 e. The number of aliphatic hydroxyl groups excluding tert-OH is 1. The molecule has 0 saturated heterocycles. The van der Waals surface area contributed by atoms with Gasteiger partial charge in [-0.1, -0.05) is 51.1 Å². The van der Waals surface area contributed by atoms with Gasteiger partial charge in [0.05, 0.1) is 18.1 Å². The second-order valence-corrected chi connectivity index (χ2v) is 7.00. The first-order valence-electron chi connectivity index (χ1n) is 8.43. The van der Waals surface area contributed by atoms with Crippen molar-refractivity contribution in [3.05, 3.63) is 54.1 Å². The van der Waals surface area contributed by atoms with E-state index in [-0.39, 0.29) is 24.0 Å². The molecule has 3 N–H and O–H groups in total. The molecule has 0 aliphatic rings. The highest BCUT2D eigenvalue weighted by Gasteiger charge is 2.17. The molecule has 134 valence electrons. The van der Waals surface area contributed by atoms with Gasteiger partial charge in [-0.3, -0.25) is 0 Å². The van der Waals surface area contributed by atoms with Crippen molar-refractivity contribution in [2.45, 2.75) is 38.5 Å². The lowest BCUT2D eigenvalue weighted by atomic mass is 9.96. The molecule has 0 fully saturated rings. The summed E-state index contributed by atoms with van der Waals surface area (Å²) in [5.41, 5.74) is 1.51. The number of hydrogen-bond acceptors (Lipinski definition) is 4. The van der Waals surface area contributed by atoms with Gasteiger partial charge in [0, 0.05) is 24.5 Å². The van der Waals surface area contributed by atoms with E-state index in [0.29, 0.717) is 18.7 Å². The molecule has 0 spiro atoms. The van der Waals surface area contributed by atoms with E-state index in [1.165, 1.54) is 0 Å². The number of hydrogen-bond donors (Lipinski definition) is 3. The summed E-state index contributed by atoms with van der Waals surface area (Å²) in [5.74, 6) is 0.794. The molecule has 6 heteroatoms. The predicted molar refractivity (Wildman–Crippen MR) is 98.6 cm³/mol. The average molecular weight is 342 g/mol. The normalized spacial score (nSPS) is 12.5. The first-order valence-corrected chi connectivity index (χ1v) is 8.43. The number of nitrogens with zero attached hydrogens (tertiary/aromatic N) is 2. The Bertz CT molecular complexity index is 666. The number of benzene rings is 1. The van der Waals surface area contributed by atoms with E-state index in [9.17, 15) is 9.90 Å². The van der Waals surface area contributed by atoms with Crippen molar-refractivity contribution in [2.75, 3.05) is 18.5 Å². The van der Waals surface area contributed by atoms with Gasteiger partial charge in [0.15, 0.2) is 0 Å². The van der Waals surface area contributed by atoms with Crippen LogP contribution in [0.15, 0.2) is 42.7 Å². The van der Waals surface area contributed by atoms with Crippen LogP contribution in [0.5, 0.6) is 0 Å². The maximum Gasteiger partial charge on any atom is 0.319 e. The molecule has 2 aromatic rings. The SMILES string of the molecule is CC(C)(C)c1ncc(NC(=O)NCC(CCO)c2ccccc2)cn1. The minimum atomic E-state index is -0.314. The Morgan fingerprint density at radius 3 is 2.36 bits per heavy atom. The van der Waals surface area contributed by atoms with Crippen LogP contribution in [-0.2, 0) is 5.41 Å². The van der Waals surface area contributed by atoms with Gasteiger partial charge in [0.1, 0.15) is 5.82 Å². The Balaban J connectivity index is 1.91. The van der Waals surface area contributed by atoms with Crippen molar-refractivity contribution < 1.29 is 9.90 Å². The highest BCUT2D eigenvalue weighted by atomic mass is 16.3. The molecule has 1 heterocycles. The summed E-state index contributed by atoms with van der Waals surface area (Å²) < 4.78 is 0. The van der Waals surface area contributed by atoms with E-state index in [1.54, 1.807) is 12.4 Å². The maximum atomic E-state index is 12.1. The van der Waals surface area contributed by atoms with Crippen LogP contribution in [0.25, 0.3) is 0 Å². The summed E-state index contributed by atoms with van der Waals surface area (Å²) in [7, 11) is 0. The fraction of sp³-hybridized carbons (Fsp3) is 0.421. The lowest BCUT2D eigenvalue weighted by molar-refractivity contribution is 0.248. The molecule has 2 rings (SSSR count). The molecule has 25 heavy (non-hydrogen) atoms. The molecule has 0 aliphatic heterocycles. The number of nitrogens with one attached hydrogen (secondary N) is 2. The first-order chi connectivity index (χ1) is 11.9. The van der Waals surface area contributed by atoms with E-state index < -0.39 is 0 Å². The summed E-state index contributed by atoms with van der Waals surface area (Å²) in [6.45, 7) is 6.62. The average Bonchev–Trinajstić information content (AvgIpc) is 2.59. The molecule has 2 amide bonds. The maximum absolute atomic E-state index is 12.1. The molecule has 1 unspecified atom stereocenters. The standard InChI is InChI=1S/C19H26N4O2/c1-19(2,3)17-20-12-16(13-21-17)23-18(25)22-11-15(9-10-24)14-7-5-4-6-8-14/h4-8,12-13,15,24H,9-11H2,1-3H3,(H2,22,23,25). The minimum Gasteiger partial charge on any atom is -0.396 e. The zero-order chi connectivity index (χ0) is 18.3. The van der Waals surface area contributed by atoms with E-state index in [2.05, 4.69) is 20.6 Å². The number of carbonyl (C=O) groups is 1. The number of rotatable bonds is 6. The van der Waals surface area contributed by atoms with E-state index >= 15 is 0 Å². The quantitative estimate of drug-likeness (QED) is 0.753. The molecule has 1 atom stereocenters. The fourth-order valence-corrected chi connectivity index (χ4v) is 2.44. The van der Waals surface area contributed by atoms with Gasteiger partial charge in [0.25, 0.3) is 0 Å². The molecule has 1 aromatic heterocycles. The number of aliphatic hydroxyl groups is 1. The number of urea groups is 1. The Hall–Kier alpha value is -2.47. The highest BCUT2D eigenvalue weighted by Crippen LogP contribution is 2.19. The van der Waals surface area contributed by atoms with Crippen LogP contribution in [0, 0.1) is 0 Å². The summed E-state index contributed by atoms with van der Waals surface area (Å²) in [6, 6.07) is 9.53. The summed E-state index contributed by atoms with van der Waals surface area (Å²) in [6.07, 6.45) is 3.80. The van der Waals surface area contributed by atoms with Gasteiger partial charge in [-0.15, -0.1) is 0 Å². The number of amides is 2. The first kappa shape index (κ1) is 18.9. The van der Waals surface area contributed by atoms with Crippen molar-refractivity contribution in [2.24, 2.45) is 0 Å². The van der Waals surface area contributed by atoms with Gasteiger partial charge in [-0.25, -0.2) is 14.8 Å². The molecule has 0 bridgehead atoms. The molecular formula is C19H26N4O2. The minimum absolute atomic E-state index is 0.0662. The van der Waals surface area contributed by atoms with Gasteiger partial charge in [0.2, 0.25) is 0 Å². The van der Waals surface area contributed by atoms with Crippen LogP contribution < -0.4 is 10.6 Å². The van der Waals surface area contributed by atoms with Crippen molar-refractivity contribution in [3.63, 3.8) is 0 Å². The molecule has 1 aromatic carbocycles. The van der Waals surface area contributed by atoms with Gasteiger partial charge >= 0.3 is 6.03 Å². The van der Waals surface area contributed by atoms with Crippen LogP contribution in [0.3, 0.4) is 0 Å². The monoisotopic (exact) mass is 342 g/mol. The summed E-state index contributed by atoms with van der Waals surface area (Å²) in [4.78, 5) is 20.7. The van der Waals surface area contributed by atoms with Crippen molar-refractivity contribution >= 4 is 11.7 Å². The molecule has 6 nitrogen and oxygen atoms in total. The predicted octanol–water partition coefficient (Wildman–Crippen LogP) is 3.06. The Morgan fingerprint density at radius 1 is 1.16 bits per heavy atom. The van der Waals surface area contributed by atoms with Crippen LogP contribution >= 0.6 is 0 Å². The number of anilines is 1. The zero-order valence-corrected chi connectivity index (χ0v) is 15.0. The van der Waals surface area contributed by atoms with Gasteiger partial charge < -0.3 is 15.7 Å². The third kappa shape index (κ3) is 5.83. The lowest BCUT2D eigenvalue weighted by Gasteiger charge is -2.18. The topological polar surface area (TPSA) is 87.1 Å².